The van der Waals surface area contributed by atoms with Gasteiger partial charge in [-0.1, -0.05) is 49.1 Å². The fourth-order valence-electron chi connectivity index (χ4n) is 2.98. The van der Waals surface area contributed by atoms with Crippen molar-refractivity contribution in [3.05, 3.63) is 69.1 Å². The number of H-pyrrole nitrogens is 1. The largest absolute Gasteiger partial charge is 0.433 e. The van der Waals surface area contributed by atoms with Gasteiger partial charge in [-0.3, -0.25) is 4.79 Å². The standard InChI is InChI=1S/C22H22F3NO2/c1-3-18-13-19(20(27)26-15(18)2)21(22(23,24)25,12-11-16-9-10-16)28-14-17-7-5-4-6-8-17/h4-8,13,16H,3,9-10,14H2,1-2H3,(H,26,27)/t21-/m0/s1. The molecule has 28 heavy (non-hydrogen) atoms. The van der Waals surface area contributed by atoms with Crippen molar-refractivity contribution in [2.45, 2.75) is 51.5 Å². The monoisotopic (exact) mass is 389 g/mol. The van der Waals surface area contributed by atoms with E-state index >= 15 is 0 Å². The van der Waals surface area contributed by atoms with Crippen LogP contribution in [0.1, 0.15) is 42.1 Å². The number of pyridine rings is 1. The molecule has 1 aromatic carbocycles. The SMILES string of the molecule is CCc1cc([C@](C#CC2CC2)(OCc2ccccc2)C(F)(F)F)c(=O)[nH]c1C. The fraction of sp³-hybridized carbons (Fsp3) is 0.409. The van der Waals surface area contributed by atoms with Crippen LogP contribution < -0.4 is 5.56 Å². The molecule has 1 aliphatic rings. The first-order valence-corrected chi connectivity index (χ1v) is 9.27. The minimum Gasteiger partial charge on any atom is -0.345 e. The maximum absolute atomic E-state index is 14.4. The molecular weight excluding hydrogens is 367 g/mol. The lowest BCUT2D eigenvalue weighted by atomic mass is 9.91. The molecule has 1 atom stereocenters. The van der Waals surface area contributed by atoms with Gasteiger partial charge in [0.15, 0.2) is 0 Å². The molecule has 1 saturated carbocycles. The molecule has 0 radical (unpaired) electrons. The minimum absolute atomic E-state index is 0.0720. The third-order valence-corrected chi connectivity index (χ3v) is 4.83. The number of alkyl halides is 3. The summed E-state index contributed by atoms with van der Waals surface area (Å²) in [5.74, 6) is 4.91. The molecule has 1 N–H and O–H groups in total. The summed E-state index contributed by atoms with van der Waals surface area (Å²) < 4.78 is 48.6. The number of hydrogen-bond acceptors (Lipinski definition) is 2. The molecule has 6 heteroatoms. The van der Waals surface area contributed by atoms with Gasteiger partial charge in [-0.2, -0.15) is 13.2 Å². The first-order chi connectivity index (χ1) is 13.3. The molecule has 0 saturated heterocycles. The van der Waals surface area contributed by atoms with E-state index in [1.807, 2.05) is 6.92 Å². The number of halogens is 3. The smallest absolute Gasteiger partial charge is 0.345 e. The zero-order valence-corrected chi connectivity index (χ0v) is 15.8. The van der Waals surface area contributed by atoms with Crippen LogP contribution >= 0.6 is 0 Å². The van der Waals surface area contributed by atoms with Gasteiger partial charge in [-0.25, -0.2) is 0 Å². The van der Waals surface area contributed by atoms with E-state index in [1.54, 1.807) is 37.3 Å². The number of aromatic amines is 1. The molecule has 0 amide bonds. The average Bonchev–Trinajstić information content (AvgIpc) is 3.47. The van der Waals surface area contributed by atoms with Crippen LogP contribution in [0, 0.1) is 24.7 Å². The van der Waals surface area contributed by atoms with E-state index in [1.165, 1.54) is 6.07 Å². The molecular formula is C22H22F3NO2. The fourth-order valence-corrected chi connectivity index (χ4v) is 2.98. The summed E-state index contributed by atoms with van der Waals surface area (Å²) in [6, 6.07) is 9.84. The molecule has 0 spiro atoms. The maximum atomic E-state index is 14.4. The van der Waals surface area contributed by atoms with Crippen LogP contribution in [0.3, 0.4) is 0 Å². The van der Waals surface area contributed by atoms with Crippen molar-refractivity contribution in [1.29, 1.82) is 0 Å². The van der Waals surface area contributed by atoms with E-state index in [0.29, 0.717) is 23.2 Å². The van der Waals surface area contributed by atoms with Gasteiger partial charge < -0.3 is 9.72 Å². The van der Waals surface area contributed by atoms with Crippen molar-refractivity contribution in [2.24, 2.45) is 5.92 Å². The van der Waals surface area contributed by atoms with Gasteiger partial charge in [0.2, 0.25) is 0 Å². The highest BCUT2D eigenvalue weighted by Crippen LogP contribution is 2.42. The third kappa shape index (κ3) is 4.15. The van der Waals surface area contributed by atoms with Crippen molar-refractivity contribution in [3.63, 3.8) is 0 Å². The van der Waals surface area contributed by atoms with E-state index in [0.717, 1.165) is 12.8 Å². The summed E-state index contributed by atoms with van der Waals surface area (Å²) in [4.78, 5) is 15.1. The van der Waals surface area contributed by atoms with Gasteiger partial charge in [-0.05, 0) is 43.4 Å². The molecule has 0 aliphatic heterocycles. The van der Waals surface area contributed by atoms with Crippen molar-refractivity contribution in [2.75, 3.05) is 0 Å². The Labute approximate surface area is 161 Å². The summed E-state index contributed by atoms with van der Waals surface area (Å²) in [6.07, 6.45) is -2.86. The average molecular weight is 389 g/mol. The normalized spacial score (nSPS) is 16.2. The number of nitrogens with one attached hydrogen (secondary N) is 1. The Morgan fingerprint density at radius 2 is 1.89 bits per heavy atom. The minimum atomic E-state index is -4.88. The first-order valence-electron chi connectivity index (χ1n) is 9.27. The van der Waals surface area contributed by atoms with Crippen molar-refractivity contribution in [1.82, 2.24) is 4.98 Å². The second-order valence-corrected chi connectivity index (χ2v) is 7.01. The lowest BCUT2D eigenvalue weighted by Gasteiger charge is -2.31. The van der Waals surface area contributed by atoms with E-state index in [2.05, 4.69) is 16.8 Å². The van der Waals surface area contributed by atoms with Gasteiger partial charge in [0.25, 0.3) is 11.2 Å². The molecule has 2 aromatic rings. The molecule has 148 valence electrons. The number of aryl methyl sites for hydroxylation is 2. The zero-order chi connectivity index (χ0) is 20.4. The second-order valence-electron chi connectivity index (χ2n) is 7.01. The van der Waals surface area contributed by atoms with E-state index in [-0.39, 0.29) is 12.5 Å². The molecule has 1 fully saturated rings. The van der Waals surface area contributed by atoms with Gasteiger partial charge in [-0.15, -0.1) is 0 Å². The lowest BCUT2D eigenvalue weighted by Crippen LogP contribution is -2.47. The van der Waals surface area contributed by atoms with Crippen LogP contribution in [0.5, 0.6) is 0 Å². The predicted octanol–water partition coefficient (Wildman–Crippen LogP) is 4.63. The number of rotatable bonds is 5. The molecule has 1 heterocycles. The lowest BCUT2D eigenvalue weighted by molar-refractivity contribution is -0.263. The Balaban J connectivity index is 2.15. The van der Waals surface area contributed by atoms with Crippen molar-refractivity contribution in [3.8, 4) is 11.8 Å². The summed E-state index contributed by atoms with van der Waals surface area (Å²) in [5, 5.41) is 0. The summed E-state index contributed by atoms with van der Waals surface area (Å²) in [7, 11) is 0. The quantitative estimate of drug-likeness (QED) is 0.758. The number of hydrogen-bond donors (Lipinski definition) is 1. The highest BCUT2D eigenvalue weighted by molar-refractivity contribution is 5.38. The number of benzene rings is 1. The van der Waals surface area contributed by atoms with Crippen LogP contribution in [0.4, 0.5) is 13.2 Å². The van der Waals surface area contributed by atoms with Gasteiger partial charge in [0.1, 0.15) is 0 Å². The molecule has 3 rings (SSSR count). The molecule has 0 unspecified atom stereocenters. The highest BCUT2D eigenvalue weighted by Gasteiger charge is 2.58. The van der Waals surface area contributed by atoms with Crippen LogP contribution in [0.2, 0.25) is 0 Å². The van der Waals surface area contributed by atoms with Crippen LogP contribution in [-0.2, 0) is 23.4 Å². The van der Waals surface area contributed by atoms with Gasteiger partial charge in [0.05, 0.1) is 12.2 Å². The molecule has 0 bridgehead atoms. The van der Waals surface area contributed by atoms with Crippen molar-refractivity contribution < 1.29 is 17.9 Å². The number of ether oxygens (including phenoxy) is 1. The van der Waals surface area contributed by atoms with Gasteiger partial charge >= 0.3 is 6.18 Å². The van der Waals surface area contributed by atoms with E-state index in [9.17, 15) is 18.0 Å². The highest BCUT2D eigenvalue weighted by atomic mass is 19.4. The van der Waals surface area contributed by atoms with E-state index < -0.39 is 22.9 Å². The van der Waals surface area contributed by atoms with Crippen LogP contribution in [0.15, 0.2) is 41.2 Å². The van der Waals surface area contributed by atoms with Crippen LogP contribution in [0.25, 0.3) is 0 Å². The third-order valence-electron chi connectivity index (χ3n) is 4.83. The van der Waals surface area contributed by atoms with Crippen LogP contribution in [-0.4, -0.2) is 11.2 Å². The Kier molecular flexibility index (Phi) is 5.66. The first kappa shape index (κ1) is 20.2. The molecule has 1 aromatic heterocycles. The Morgan fingerprint density at radius 3 is 2.46 bits per heavy atom. The summed E-state index contributed by atoms with van der Waals surface area (Å²) in [5.41, 5.74) is -2.57. The zero-order valence-electron chi connectivity index (χ0n) is 15.8. The maximum Gasteiger partial charge on any atom is 0.433 e. The Bertz CT molecular complexity index is 950. The predicted molar refractivity (Wildman–Crippen MR) is 101 cm³/mol. The summed E-state index contributed by atoms with van der Waals surface area (Å²) in [6.45, 7) is 3.18. The Morgan fingerprint density at radius 1 is 1.21 bits per heavy atom. The topological polar surface area (TPSA) is 42.1 Å². The summed E-state index contributed by atoms with van der Waals surface area (Å²) >= 11 is 0. The molecule has 1 aliphatic carbocycles. The number of aromatic nitrogens is 1. The Hall–Kier alpha value is -2.52. The van der Waals surface area contributed by atoms with Crippen molar-refractivity contribution >= 4 is 0 Å². The van der Waals surface area contributed by atoms with Gasteiger partial charge in [0, 0.05) is 11.6 Å². The van der Waals surface area contributed by atoms with E-state index in [4.69, 9.17) is 4.74 Å². The second kappa shape index (κ2) is 7.84. The molecule has 3 nitrogen and oxygen atoms in total.